The number of aromatic nitrogens is 1. The number of nitrogens with two attached hydrogens (primary N) is 1. The van der Waals surface area contributed by atoms with Crippen LogP contribution in [0.15, 0.2) is 23.2 Å². The molecular weight excluding hydrogens is 348 g/mol. The molecule has 122 valence electrons. The number of nitrogens with zero attached hydrogens (tertiary/aromatic N) is 3. The predicted molar refractivity (Wildman–Crippen MR) is 92.8 cm³/mol. The van der Waals surface area contributed by atoms with Crippen LogP contribution in [0.3, 0.4) is 0 Å². The number of nitriles is 2. The van der Waals surface area contributed by atoms with Crippen LogP contribution in [0.5, 0.6) is 5.75 Å². The number of anilines is 1. The zero-order valence-corrected chi connectivity index (χ0v) is 14.3. The highest BCUT2D eigenvalue weighted by Crippen LogP contribution is 2.38. The molecule has 0 aliphatic heterocycles. The maximum atomic E-state index is 9.58. The molecular formula is C16H13ClN4O2S. The van der Waals surface area contributed by atoms with Crippen molar-refractivity contribution in [2.24, 2.45) is 0 Å². The van der Waals surface area contributed by atoms with E-state index < -0.39 is 0 Å². The third kappa shape index (κ3) is 3.55. The van der Waals surface area contributed by atoms with Crippen molar-refractivity contribution < 1.29 is 9.84 Å². The van der Waals surface area contributed by atoms with Gasteiger partial charge in [0.05, 0.1) is 17.2 Å². The predicted octanol–water partition coefficient (Wildman–Crippen LogP) is 3.17. The molecule has 0 fully saturated rings. The van der Waals surface area contributed by atoms with Crippen LogP contribution in [0.25, 0.3) is 11.1 Å². The van der Waals surface area contributed by atoms with Crippen molar-refractivity contribution in [2.45, 2.75) is 5.03 Å². The summed E-state index contributed by atoms with van der Waals surface area (Å²) in [4.78, 5) is 4.17. The third-order valence-corrected chi connectivity index (χ3v) is 4.42. The summed E-state index contributed by atoms with van der Waals surface area (Å²) in [6, 6.07) is 8.53. The molecule has 0 spiro atoms. The fourth-order valence-electron chi connectivity index (χ4n) is 2.08. The molecule has 0 aliphatic rings. The zero-order valence-electron chi connectivity index (χ0n) is 12.7. The largest absolute Gasteiger partial charge is 0.506 e. The Hall–Kier alpha value is -2.45. The minimum Gasteiger partial charge on any atom is -0.506 e. The smallest absolute Gasteiger partial charge is 0.143 e. The first-order chi connectivity index (χ1) is 11.5. The number of halogens is 1. The summed E-state index contributed by atoms with van der Waals surface area (Å²) in [6.45, 7) is 0.484. The van der Waals surface area contributed by atoms with E-state index in [1.54, 1.807) is 13.2 Å². The van der Waals surface area contributed by atoms with E-state index in [-0.39, 0.29) is 27.7 Å². The molecule has 0 saturated heterocycles. The van der Waals surface area contributed by atoms with Crippen LogP contribution in [0.2, 0.25) is 5.02 Å². The average molecular weight is 361 g/mol. The molecule has 1 aromatic heterocycles. The number of rotatable bonds is 5. The highest BCUT2D eigenvalue weighted by atomic mass is 35.5. The number of methoxy groups -OCH3 is 1. The van der Waals surface area contributed by atoms with Crippen molar-refractivity contribution >= 4 is 29.2 Å². The lowest BCUT2D eigenvalue weighted by molar-refractivity contribution is 0.218. The first kappa shape index (κ1) is 17.9. The van der Waals surface area contributed by atoms with Crippen molar-refractivity contribution in [1.29, 1.82) is 10.5 Å². The maximum absolute atomic E-state index is 9.58. The molecule has 6 nitrogen and oxygen atoms in total. The molecule has 0 radical (unpaired) electrons. The number of ether oxygens (including phenoxy) is 1. The van der Waals surface area contributed by atoms with Gasteiger partial charge in [0.1, 0.15) is 34.3 Å². The number of nitrogen functional groups attached to an aromatic ring is 1. The Morgan fingerprint density at radius 3 is 2.62 bits per heavy atom. The second-order valence-corrected chi connectivity index (χ2v) is 6.15. The van der Waals surface area contributed by atoms with Crippen LogP contribution in [0, 0.1) is 22.7 Å². The van der Waals surface area contributed by atoms with Crippen molar-refractivity contribution in [3.05, 3.63) is 34.3 Å². The molecule has 1 heterocycles. The van der Waals surface area contributed by atoms with Gasteiger partial charge in [0.15, 0.2) is 0 Å². The van der Waals surface area contributed by atoms with Gasteiger partial charge in [-0.15, -0.1) is 11.8 Å². The Morgan fingerprint density at radius 1 is 1.33 bits per heavy atom. The quantitative estimate of drug-likeness (QED) is 0.621. The standard InChI is InChI=1S/C16H13ClN4O2S/c1-23-4-5-24-16-11(8-19)14(10(7-18)15(20)21-16)9-2-3-13(22)12(17)6-9/h2-3,6,22H,4-5H2,1H3,(H2,20,21). The van der Waals surface area contributed by atoms with E-state index in [9.17, 15) is 15.6 Å². The van der Waals surface area contributed by atoms with E-state index in [4.69, 9.17) is 22.1 Å². The summed E-state index contributed by atoms with van der Waals surface area (Å²) in [5.74, 6) is 0.531. The Balaban J connectivity index is 2.69. The lowest BCUT2D eigenvalue weighted by atomic mass is 9.97. The number of pyridine rings is 1. The first-order valence-corrected chi connectivity index (χ1v) is 8.14. The van der Waals surface area contributed by atoms with Gasteiger partial charge in [-0.2, -0.15) is 10.5 Å². The van der Waals surface area contributed by atoms with Gasteiger partial charge < -0.3 is 15.6 Å². The van der Waals surface area contributed by atoms with Gasteiger partial charge in [-0.1, -0.05) is 17.7 Å². The second-order valence-electron chi connectivity index (χ2n) is 4.66. The Morgan fingerprint density at radius 2 is 2.04 bits per heavy atom. The average Bonchev–Trinajstić information content (AvgIpc) is 2.57. The van der Waals surface area contributed by atoms with Gasteiger partial charge >= 0.3 is 0 Å². The topological polar surface area (TPSA) is 116 Å². The molecule has 0 saturated carbocycles. The lowest BCUT2D eigenvalue weighted by Crippen LogP contribution is -2.04. The van der Waals surface area contributed by atoms with Crippen LogP contribution >= 0.6 is 23.4 Å². The summed E-state index contributed by atoms with van der Waals surface area (Å²) in [7, 11) is 1.58. The summed E-state index contributed by atoms with van der Waals surface area (Å²) < 4.78 is 5.00. The Labute approximate surface area is 148 Å². The number of hydrogen-bond donors (Lipinski definition) is 2. The van der Waals surface area contributed by atoms with Gasteiger partial charge in [-0.3, -0.25) is 0 Å². The zero-order chi connectivity index (χ0) is 17.7. The Bertz CT molecular complexity index is 859. The third-order valence-electron chi connectivity index (χ3n) is 3.18. The number of aromatic hydroxyl groups is 1. The molecule has 2 aromatic rings. The summed E-state index contributed by atoms with van der Waals surface area (Å²) in [5, 5.41) is 29.1. The van der Waals surface area contributed by atoms with E-state index in [1.165, 1.54) is 23.9 Å². The molecule has 2 rings (SSSR count). The minimum atomic E-state index is -0.0887. The normalized spacial score (nSPS) is 10.2. The van der Waals surface area contributed by atoms with Crippen molar-refractivity contribution in [3.63, 3.8) is 0 Å². The highest BCUT2D eigenvalue weighted by molar-refractivity contribution is 7.99. The molecule has 0 aliphatic carbocycles. The van der Waals surface area contributed by atoms with Crippen LogP contribution in [-0.4, -0.2) is 29.6 Å². The van der Waals surface area contributed by atoms with Crippen LogP contribution in [0.4, 0.5) is 5.82 Å². The first-order valence-electron chi connectivity index (χ1n) is 6.77. The highest BCUT2D eigenvalue weighted by Gasteiger charge is 2.21. The number of benzene rings is 1. The van der Waals surface area contributed by atoms with Crippen LogP contribution in [-0.2, 0) is 4.74 Å². The molecule has 24 heavy (non-hydrogen) atoms. The van der Waals surface area contributed by atoms with Crippen molar-refractivity contribution in [1.82, 2.24) is 4.98 Å². The Kier molecular flexibility index (Phi) is 5.88. The minimum absolute atomic E-state index is 0.0376. The van der Waals surface area contributed by atoms with Crippen molar-refractivity contribution in [2.75, 3.05) is 25.2 Å². The number of phenols is 1. The number of phenolic OH excluding ortho intramolecular Hbond substituents is 1. The van der Waals surface area contributed by atoms with Gasteiger partial charge in [0.2, 0.25) is 0 Å². The number of hydrogen-bond acceptors (Lipinski definition) is 7. The molecule has 0 atom stereocenters. The van der Waals surface area contributed by atoms with Crippen molar-refractivity contribution in [3.8, 4) is 29.0 Å². The fraction of sp³-hybridized carbons (Fsp3) is 0.188. The van der Waals surface area contributed by atoms with Crippen LogP contribution in [0.1, 0.15) is 11.1 Å². The molecule has 0 unspecified atom stereocenters. The van der Waals surface area contributed by atoms with E-state index in [1.807, 2.05) is 6.07 Å². The fourth-order valence-corrected chi connectivity index (χ4v) is 3.15. The van der Waals surface area contributed by atoms with E-state index >= 15 is 0 Å². The van der Waals surface area contributed by atoms with E-state index in [0.717, 1.165) is 0 Å². The summed E-state index contributed by atoms with van der Waals surface area (Å²) in [5.41, 5.74) is 7.10. The number of thioether (sulfide) groups is 1. The van der Waals surface area contributed by atoms with Gasteiger partial charge in [-0.05, 0) is 17.7 Å². The second kappa shape index (κ2) is 7.89. The molecule has 0 amide bonds. The van der Waals surface area contributed by atoms with E-state index in [2.05, 4.69) is 11.1 Å². The monoisotopic (exact) mass is 360 g/mol. The maximum Gasteiger partial charge on any atom is 0.143 e. The summed E-state index contributed by atoms with van der Waals surface area (Å²) in [6.07, 6.45) is 0. The summed E-state index contributed by atoms with van der Waals surface area (Å²) >= 11 is 7.27. The van der Waals surface area contributed by atoms with Gasteiger partial charge in [-0.25, -0.2) is 4.98 Å². The SMILES string of the molecule is COCCSc1nc(N)c(C#N)c(-c2ccc(O)c(Cl)c2)c1C#N. The molecule has 3 N–H and O–H groups in total. The van der Waals surface area contributed by atoms with E-state index in [0.29, 0.717) is 28.5 Å². The van der Waals surface area contributed by atoms with Gasteiger partial charge in [0, 0.05) is 18.4 Å². The molecule has 0 bridgehead atoms. The van der Waals surface area contributed by atoms with Gasteiger partial charge in [0.25, 0.3) is 0 Å². The lowest BCUT2D eigenvalue weighted by Gasteiger charge is -2.13. The van der Waals surface area contributed by atoms with Crippen LogP contribution < -0.4 is 5.73 Å². The molecule has 8 heteroatoms. The molecule has 1 aromatic carbocycles.